The number of carbonyl (C=O) groups is 1. The third kappa shape index (κ3) is 2.71. The SMILES string of the molecule is NC(=O)Cc1cc2c(-c3ccccc3)ncn2c2cccc(N3CCCC3)c12. The standard InChI is InChI=1S/C23H22N4O/c24-21(28)14-17-13-20-23(16-7-2-1-3-8-16)25-15-27(20)19-10-6-9-18(22(17)19)26-11-4-5-12-26/h1-3,6-10,13,15H,4-5,11-12,14H2,(H2,24,28). The van der Waals surface area contributed by atoms with E-state index in [-0.39, 0.29) is 12.3 Å². The first kappa shape index (κ1) is 16.8. The molecule has 1 saturated heterocycles. The van der Waals surface area contributed by atoms with Crippen LogP contribution in [0.4, 0.5) is 5.69 Å². The number of aromatic nitrogens is 2. The summed E-state index contributed by atoms with van der Waals surface area (Å²) in [6, 6.07) is 18.6. The van der Waals surface area contributed by atoms with Crippen molar-refractivity contribution in [2.45, 2.75) is 19.3 Å². The molecule has 1 aliphatic rings. The van der Waals surface area contributed by atoms with Gasteiger partial charge in [0.25, 0.3) is 0 Å². The summed E-state index contributed by atoms with van der Waals surface area (Å²) in [4.78, 5) is 19.0. The fourth-order valence-corrected chi connectivity index (χ4v) is 4.35. The minimum atomic E-state index is -0.317. The molecule has 5 nitrogen and oxygen atoms in total. The summed E-state index contributed by atoms with van der Waals surface area (Å²) in [6.45, 7) is 2.10. The third-order valence-electron chi connectivity index (χ3n) is 5.58. The molecule has 0 aliphatic carbocycles. The van der Waals surface area contributed by atoms with Crippen LogP contribution in [-0.4, -0.2) is 28.4 Å². The van der Waals surface area contributed by atoms with Crippen LogP contribution in [0.15, 0.2) is 60.9 Å². The number of primary amides is 1. The van der Waals surface area contributed by atoms with E-state index in [1.165, 1.54) is 18.5 Å². The molecular weight excluding hydrogens is 348 g/mol. The molecule has 28 heavy (non-hydrogen) atoms. The van der Waals surface area contributed by atoms with Crippen molar-refractivity contribution in [1.82, 2.24) is 9.38 Å². The number of anilines is 1. The number of rotatable bonds is 4. The van der Waals surface area contributed by atoms with Gasteiger partial charge in [0.1, 0.15) is 6.33 Å². The maximum absolute atomic E-state index is 11.9. The highest BCUT2D eigenvalue weighted by Gasteiger charge is 2.20. The molecule has 5 heteroatoms. The van der Waals surface area contributed by atoms with Crippen molar-refractivity contribution in [3.8, 4) is 11.3 Å². The number of carbonyl (C=O) groups excluding carboxylic acids is 1. The fourth-order valence-electron chi connectivity index (χ4n) is 4.35. The number of nitrogens with zero attached hydrogens (tertiary/aromatic N) is 3. The Bertz CT molecular complexity index is 1170. The first-order valence-corrected chi connectivity index (χ1v) is 9.73. The van der Waals surface area contributed by atoms with Crippen molar-refractivity contribution >= 4 is 28.0 Å². The molecule has 0 saturated carbocycles. The zero-order chi connectivity index (χ0) is 19.1. The number of benzene rings is 2. The number of nitrogens with two attached hydrogens (primary N) is 1. The van der Waals surface area contributed by atoms with Gasteiger partial charge in [-0.25, -0.2) is 4.98 Å². The lowest BCUT2D eigenvalue weighted by atomic mass is 10.0. The normalized spacial score (nSPS) is 14.2. The largest absolute Gasteiger partial charge is 0.371 e. The Morgan fingerprint density at radius 3 is 2.54 bits per heavy atom. The van der Waals surface area contributed by atoms with Gasteiger partial charge >= 0.3 is 0 Å². The number of amides is 1. The van der Waals surface area contributed by atoms with Gasteiger partial charge in [0, 0.05) is 29.7 Å². The molecule has 2 aromatic carbocycles. The molecule has 5 rings (SSSR count). The Balaban J connectivity index is 1.82. The Morgan fingerprint density at radius 2 is 1.79 bits per heavy atom. The third-order valence-corrected chi connectivity index (χ3v) is 5.58. The lowest BCUT2D eigenvalue weighted by molar-refractivity contribution is -0.117. The second-order valence-electron chi connectivity index (χ2n) is 7.39. The Kier molecular flexibility index (Phi) is 4.01. The second kappa shape index (κ2) is 6.68. The van der Waals surface area contributed by atoms with Gasteiger partial charge in [-0.05, 0) is 36.6 Å². The Morgan fingerprint density at radius 1 is 1.00 bits per heavy atom. The Hall–Kier alpha value is -3.34. The first-order valence-electron chi connectivity index (χ1n) is 9.73. The van der Waals surface area contributed by atoms with Crippen LogP contribution in [0.1, 0.15) is 18.4 Å². The molecule has 140 valence electrons. The molecule has 0 radical (unpaired) electrons. The van der Waals surface area contributed by atoms with E-state index in [2.05, 4.69) is 45.7 Å². The Labute approximate surface area is 163 Å². The van der Waals surface area contributed by atoms with Crippen LogP contribution in [0.25, 0.3) is 27.7 Å². The fraction of sp³-hybridized carbons (Fsp3) is 0.217. The minimum Gasteiger partial charge on any atom is -0.371 e. The molecule has 4 aromatic rings. The second-order valence-corrected chi connectivity index (χ2v) is 7.39. The molecule has 2 aromatic heterocycles. The number of pyridine rings is 1. The summed E-state index contributed by atoms with van der Waals surface area (Å²) >= 11 is 0. The highest BCUT2D eigenvalue weighted by Crippen LogP contribution is 2.35. The molecule has 1 amide bonds. The van der Waals surface area contributed by atoms with E-state index in [1.807, 2.05) is 24.5 Å². The molecule has 1 fully saturated rings. The van der Waals surface area contributed by atoms with E-state index < -0.39 is 0 Å². The van der Waals surface area contributed by atoms with Gasteiger partial charge in [0.2, 0.25) is 5.91 Å². The van der Waals surface area contributed by atoms with Gasteiger partial charge in [0.05, 0.1) is 23.1 Å². The predicted octanol–water partition coefficient (Wildman–Crippen LogP) is 3.78. The van der Waals surface area contributed by atoms with Gasteiger partial charge < -0.3 is 10.6 Å². The summed E-state index contributed by atoms with van der Waals surface area (Å²) in [7, 11) is 0. The molecule has 0 bridgehead atoms. The van der Waals surface area contributed by atoms with Crippen molar-refractivity contribution < 1.29 is 4.79 Å². The summed E-state index contributed by atoms with van der Waals surface area (Å²) < 4.78 is 2.13. The number of imidazole rings is 1. The van der Waals surface area contributed by atoms with Crippen LogP contribution >= 0.6 is 0 Å². The molecule has 0 atom stereocenters. The van der Waals surface area contributed by atoms with Crippen LogP contribution in [0.3, 0.4) is 0 Å². The highest BCUT2D eigenvalue weighted by molar-refractivity contribution is 6.00. The summed E-state index contributed by atoms with van der Waals surface area (Å²) in [5.41, 5.74) is 11.8. The topological polar surface area (TPSA) is 63.6 Å². The van der Waals surface area contributed by atoms with Gasteiger partial charge in [0.15, 0.2) is 0 Å². The van der Waals surface area contributed by atoms with Gasteiger partial charge in [-0.15, -0.1) is 0 Å². The maximum atomic E-state index is 11.9. The minimum absolute atomic E-state index is 0.220. The van der Waals surface area contributed by atoms with Crippen LogP contribution in [0.2, 0.25) is 0 Å². The zero-order valence-corrected chi connectivity index (χ0v) is 15.6. The van der Waals surface area contributed by atoms with Crippen molar-refractivity contribution in [2.75, 3.05) is 18.0 Å². The van der Waals surface area contributed by atoms with E-state index in [0.717, 1.165) is 46.3 Å². The zero-order valence-electron chi connectivity index (χ0n) is 15.6. The van der Waals surface area contributed by atoms with Crippen molar-refractivity contribution in [3.63, 3.8) is 0 Å². The lowest BCUT2D eigenvalue weighted by Crippen LogP contribution is -2.19. The van der Waals surface area contributed by atoms with E-state index in [4.69, 9.17) is 10.7 Å². The van der Waals surface area contributed by atoms with E-state index in [0.29, 0.717) is 0 Å². The van der Waals surface area contributed by atoms with Crippen molar-refractivity contribution in [1.29, 1.82) is 0 Å². The van der Waals surface area contributed by atoms with E-state index in [1.54, 1.807) is 0 Å². The smallest absolute Gasteiger partial charge is 0.221 e. The van der Waals surface area contributed by atoms with Crippen LogP contribution in [-0.2, 0) is 11.2 Å². The van der Waals surface area contributed by atoms with E-state index in [9.17, 15) is 4.79 Å². The molecule has 1 aliphatic heterocycles. The van der Waals surface area contributed by atoms with E-state index >= 15 is 0 Å². The van der Waals surface area contributed by atoms with Crippen molar-refractivity contribution in [3.05, 3.63) is 66.5 Å². The van der Waals surface area contributed by atoms with Gasteiger partial charge in [-0.1, -0.05) is 36.4 Å². The summed E-state index contributed by atoms with van der Waals surface area (Å²) in [6.07, 6.45) is 4.50. The van der Waals surface area contributed by atoms with Crippen LogP contribution in [0.5, 0.6) is 0 Å². The number of hydrogen-bond donors (Lipinski definition) is 1. The number of hydrogen-bond acceptors (Lipinski definition) is 3. The molecule has 0 spiro atoms. The van der Waals surface area contributed by atoms with Gasteiger partial charge in [-0.3, -0.25) is 9.20 Å². The monoisotopic (exact) mass is 370 g/mol. The molecule has 2 N–H and O–H groups in total. The molecule has 0 unspecified atom stereocenters. The van der Waals surface area contributed by atoms with Crippen molar-refractivity contribution in [2.24, 2.45) is 5.73 Å². The lowest BCUT2D eigenvalue weighted by Gasteiger charge is -2.22. The average Bonchev–Trinajstić information content (AvgIpc) is 3.38. The highest BCUT2D eigenvalue weighted by atomic mass is 16.1. The van der Waals surface area contributed by atoms with Gasteiger partial charge in [-0.2, -0.15) is 0 Å². The van der Waals surface area contributed by atoms with Crippen LogP contribution in [0, 0.1) is 0 Å². The number of fused-ring (bicyclic) bond motifs is 3. The molecule has 3 heterocycles. The first-order chi connectivity index (χ1) is 13.7. The maximum Gasteiger partial charge on any atom is 0.221 e. The summed E-state index contributed by atoms with van der Waals surface area (Å²) in [5.74, 6) is -0.317. The molecular formula is C23H22N4O. The summed E-state index contributed by atoms with van der Waals surface area (Å²) in [5, 5.41) is 1.10. The average molecular weight is 370 g/mol. The quantitative estimate of drug-likeness (QED) is 0.595. The van der Waals surface area contributed by atoms with Crippen LogP contribution < -0.4 is 10.6 Å². The predicted molar refractivity (Wildman–Crippen MR) is 112 cm³/mol.